The van der Waals surface area contributed by atoms with Crippen LogP contribution >= 0.6 is 0 Å². The van der Waals surface area contributed by atoms with E-state index in [0.29, 0.717) is 6.04 Å². The molecule has 1 rings (SSSR count). The predicted molar refractivity (Wildman–Crippen MR) is 84.7 cm³/mol. The number of hydrogen-bond acceptors (Lipinski definition) is 3. The van der Waals surface area contributed by atoms with E-state index in [0.717, 1.165) is 18.5 Å². The van der Waals surface area contributed by atoms with E-state index in [1.165, 1.54) is 45.2 Å². The summed E-state index contributed by atoms with van der Waals surface area (Å²) in [5, 5.41) is 3.78. The van der Waals surface area contributed by atoms with Crippen LogP contribution in [0.4, 0.5) is 0 Å². The summed E-state index contributed by atoms with van der Waals surface area (Å²) in [6, 6.07) is 1.43. The molecule has 3 nitrogen and oxygen atoms in total. The van der Waals surface area contributed by atoms with Gasteiger partial charge in [-0.2, -0.15) is 0 Å². The molecule has 0 aromatic carbocycles. The number of likely N-dealkylation sites (N-methyl/N-ethyl adjacent to an activating group) is 2. The predicted octanol–water partition coefficient (Wildman–Crippen LogP) is 2.43. The molecule has 0 radical (unpaired) electrons. The van der Waals surface area contributed by atoms with Gasteiger partial charge in [-0.05, 0) is 59.3 Å². The lowest BCUT2D eigenvalue weighted by Gasteiger charge is -2.42. The molecule has 114 valence electrons. The SMILES string of the molecule is CCCNC1CCC(CC)CC1N(C)CCN(C)C. The van der Waals surface area contributed by atoms with Crippen molar-refractivity contribution in [3.8, 4) is 0 Å². The van der Waals surface area contributed by atoms with Gasteiger partial charge in [-0.1, -0.05) is 20.3 Å². The lowest BCUT2D eigenvalue weighted by molar-refractivity contribution is 0.111. The Morgan fingerprint density at radius 3 is 2.37 bits per heavy atom. The first-order chi connectivity index (χ1) is 9.08. The Morgan fingerprint density at radius 2 is 1.79 bits per heavy atom. The summed E-state index contributed by atoms with van der Waals surface area (Å²) >= 11 is 0. The molecule has 3 unspecified atom stereocenters. The van der Waals surface area contributed by atoms with Crippen molar-refractivity contribution in [2.24, 2.45) is 5.92 Å². The zero-order valence-corrected chi connectivity index (χ0v) is 13.8. The van der Waals surface area contributed by atoms with Crippen molar-refractivity contribution in [1.82, 2.24) is 15.1 Å². The number of rotatable bonds is 8. The summed E-state index contributed by atoms with van der Waals surface area (Å²) in [6.07, 6.45) is 6.73. The van der Waals surface area contributed by atoms with Gasteiger partial charge in [0.25, 0.3) is 0 Å². The second-order valence-electron chi connectivity index (χ2n) is 6.50. The van der Waals surface area contributed by atoms with Crippen LogP contribution in [0.2, 0.25) is 0 Å². The molecule has 1 saturated carbocycles. The summed E-state index contributed by atoms with van der Waals surface area (Å²) < 4.78 is 0. The third-order valence-electron chi connectivity index (χ3n) is 4.63. The van der Waals surface area contributed by atoms with Crippen molar-refractivity contribution in [3.63, 3.8) is 0 Å². The van der Waals surface area contributed by atoms with Crippen LogP contribution in [-0.4, -0.2) is 62.7 Å². The monoisotopic (exact) mass is 269 g/mol. The van der Waals surface area contributed by atoms with Crippen molar-refractivity contribution in [2.45, 2.75) is 58.0 Å². The molecular formula is C16H35N3. The lowest BCUT2D eigenvalue weighted by atomic mass is 9.80. The van der Waals surface area contributed by atoms with Gasteiger partial charge >= 0.3 is 0 Å². The molecule has 0 aromatic heterocycles. The van der Waals surface area contributed by atoms with E-state index in [4.69, 9.17) is 0 Å². The van der Waals surface area contributed by atoms with Crippen LogP contribution in [0.25, 0.3) is 0 Å². The third kappa shape index (κ3) is 5.80. The molecule has 3 atom stereocenters. The fourth-order valence-electron chi connectivity index (χ4n) is 3.18. The van der Waals surface area contributed by atoms with Gasteiger partial charge in [-0.15, -0.1) is 0 Å². The van der Waals surface area contributed by atoms with E-state index in [1.54, 1.807) is 0 Å². The Bertz CT molecular complexity index is 230. The normalized spacial score (nSPS) is 28.3. The lowest BCUT2D eigenvalue weighted by Crippen LogP contribution is -2.53. The smallest absolute Gasteiger partial charge is 0.0249 e. The number of nitrogens with one attached hydrogen (secondary N) is 1. The molecule has 1 aliphatic rings. The van der Waals surface area contributed by atoms with E-state index in [1.807, 2.05) is 0 Å². The molecule has 0 aliphatic heterocycles. The van der Waals surface area contributed by atoms with Gasteiger partial charge < -0.3 is 15.1 Å². The zero-order chi connectivity index (χ0) is 14.3. The average Bonchev–Trinajstić information content (AvgIpc) is 2.42. The van der Waals surface area contributed by atoms with Crippen LogP contribution in [0.15, 0.2) is 0 Å². The summed E-state index contributed by atoms with van der Waals surface area (Å²) in [7, 11) is 6.64. The molecule has 19 heavy (non-hydrogen) atoms. The second kappa shape index (κ2) is 8.93. The topological polar surface area (TPSA) is 18.5 Å². The minimum Gasteiger partial charge on any atom is -0.312 e. The van der Waals surface area contributed by atoms with Crippen LogP contribution in [0.1, 0.15) is 46.0 Å². The van der Waals surface area contributed by atoms with Gasteiger partial charge in [-0.25, -0.2) is 0 Å². The Morgan fingerprint density at radius 1 is 1.05 bits per heavy atom. The van der Waals surface area contributed by atoms with Crippen molar-refractivity contribution in [3.05, 3.63) is 0 Å². The van der Waals surface area contributed by atoms with Crippen LogP contribution < -0.4 is 5.32 Å². The fourth-order valence-corrected chi connectivity index (χ4v) is 3.18. The highest BCUT2D eigenvalue weighted by molar-refractivity contribution is 4.90. The van der Waals surface area contributed by atoms with Gasteiger partial charge in [0, 0.05) is 25.2 Å². The maximum Gasteiger partial charge on any atom is 0.0249 e. The highest BCUT2D eigenvalue weighted by Gasteiger charge is 2.31. The molecule has 1 N–H and O–H groups in total. The summed E-state index contributed by atoms with van der Waals surface area (Å²) in [6.45, 7) is 8.11. The van der Waals surface area contributed by atoms with Gasteiger partial charge in [-0.3, -0.25) is 0 Å². The van der Waals surface area contributed by atoms with Gasteiger partial charge in [0.1, 0.15) is 0 Å². The second-order valence-corrected chi connectivity index (χ2v) is 6.50. The van der Waals surface area contributed by atoms with E-state index >= 15 is 0 Å². The maximum absolute atomic E-state index is 3.78. The van der Waals surface area contributed by atoms with E-state index in [2.05, 4.69) is 50.1 Å². The quantitative estimate of drug-likeness (QED) is 0.730. The van der Waals surface area contributed by atoms with Crippen LogP contribution in [0.5, 0.6) is 0 Å². The largest absolute Gasteiger partial charge is 0.312 e. The minimum absolute atomic E-state index is 0.704. The number of hydrogen-bond donors (Lipinski definition) is 1. The molecule has 1 fully saturated rings. The van der Waals surface area contributed by atoms with Crippen molar-refractivity contribution in [2.75, 3.05) is 40.8 Å². The molecule has 0 heterocycles. The molecule has 0 amide bonds. The van der Waals surface area contributed by atoms with Gasteiger partial charge in [0.15, 0.2) is 0 Å². The molecule has 0 aromatic rings. The summed E-state index contributed by atoms with van der Waals surface area (Å²) in [5.41, 5.74) is 0. The Labute approximate surface area is 120 Å². The maximum atomic E-state index is 3.78. The fraction of sp³-hybridized carbons (Fsp3) is 1.00. The Kier molecular flexibility index (Phi) is 7.96. The molecule has 1 aliphatic carbocycles. The van der Waals surface area contributed by atoms with Crippen LogP contribution in [-0.2, 0) is 0 Å². The molecular weight excluding hydrogens is 234 g/mol. The standard InChI is InChI=1S/C16H35N3/c1-6-10-17-15-9-8-14(7-2)13-16(15)19(5)12-11-18(3)4/h14-17H,6-13H2,1-5H3. The van der Waals surface area contributed by atoms with Crippen molar-refractivity contribution >= 4 is 0 Å². The Hall–Kier alpha value is -0.120. The third-order valence-corrected chi connectivity index (χ3v) is 4.63. The summed E-state index contributed by atoms with van der Waals surface area (Å²) in [5.74, 6) is 0.937. The average molecular weight is 269 g/mol. The van der Waals surface area contributed by atoms with Crippen LogP contribution in [0, 0.1) is 5.92 Å². The first-order valence-electron chi connectivity index (χ1n) is 8.16. The first kappa shape index (κ1) is 16.9. The molecule has 0 saturated heterocycles. The van der Waals surface area contributed by atoms with E-state index in [9.17, 15) is 0 Å². The minimum atomic E-state index is 0.704. The Balaban J connectivity index is 2.53. The molecule has 0 bridgehead atoms. The summed E-state index contributed by atoms with van der Waals surface area (Å²) in [4.78, 5) is 4.88. The van der Waals surface area contributed by atoms with Crippen molar-refractivity contribution in [1.29, 1.82) is 0 Å². The molecule has 0 spiro atoms. The molecule has 3 heteroatoms. The van der Waals surface area contributed by atoms with Gasteiger partial charge in [0.05, 0.1) is 0 Å². The first-order valence-corrected chi connectivity index (χ1v) is 8.16. The van der Waals surface area contributed by atoms with E-state index < -0.39 is 0 Å². The highest BCUT2D eigenvalue weighted by Crippen LogP contribution is 2.29. The van der Waals surface area contributed by atoms with Gasteiger partial charge in [0.2, 0.25) is 0 Å². The van der Waals surface area contributed by atoms with E-state index in [-0.39, 0.29) is 0 Å². The van der Waals surface area contributed by atoms with Crippen LogP contribution in [0.3, 0.4) is 0 Å². The zero-order valence-electron chi connectivity index (χ0n) is 13.8. The highest BCUT2D eigenvalue weighted by atomic mass is 15.2. The van der Waals surface area contributed by atoms with Crippen molar-refractivity contribution < 1.29 is 0 Å². The number of nitrogens with zero attached hydrogens (tertiary/aromatic N) is 2.